The zero-order valence-corrected chi connectivity index (χ0v) is 17.2. The minimum Gasteiger partial charge on any atom is -0.339 e. The number of nitrogens with one attached hydrogen (secondary N) is 1. The third-order valence-electron chi connectivity index (χ3n) is 4.95. The summed E-state index contributed by atoms with van der Waals surface area (Å²) in [6, 6.07) is 15.0. The first kappa shape index (κ1) is 19.4. The van der Waals surface area contributed by atoms with Gasteiger partial charge in [-0.05, 0) is 71.8 Å². The minimum atomic E-state index is -0.137. The number of aryl methyl sites for hydroxylation is 1. The largest absolute Gasteiger partial charge is 0.339 e. The Balaban J connectivity index is 1.16. The van der Waals surface area contributed by atoms with Crippen LogP contribution in [0.15, 0.2) is 53.1 Å². The Hall–Kier alpha value is -3.59. The first-order chi connectivity index (χ1) is 15.2. The maximum Gasteiger partial charge on any atom is 0.227 e. The van der Waals surface area contributed by atoms with E-state index in [9.17, 15) is 4.79 Å². The summed E-state index contributed by atoms with van der Waals surface area (Å²) in [6.45, 7) is 0. The number of tetrazole rings is 1. The molecule has 156 valence electrons. The van der Waals surface area contributed by atoms with Crippen LogP contribution in [0.3, 0.4) is 0 Å². The highest BCUT2D eigenvalue weighted by Crippen LogP contribution is 2.36. The molecule has 0 bridgehead atoms. The van der Waals surface area contributed by atoms with Crippen LogP contribution >= 0.6 is 11.6 Å². The van der Waals surface area contributed by atoms with Gasteiger partial charge in [0.25, 0.3) is 0 Å². The van der Waals surface area contributed by atoms with Crippen molar-refractivity contribution in [2.75, 3.05) is 5.32 Å². The van der Waals surface area contributed by atoms with Crippen molar-refractivity contribution >= 4 is 23.2 Å². The molecule has 0 saturated heterocycles. The molecule has 4 aromatic rings. The lowest BCUT2D eigenvalue weighted by atomic mass is 10.2. The van der Waals surface area contributed by atoms with Gasteiger partial charge in [-0.1, -0.05) is 16.8 Å². The molecule has 1 amide bonds. The Morgan fingerprint density at radius 2 is 1.84 bits per heavy atom. The molecule has 0 radical (unpaired) electrons. The van der Waals surface area contributed by atoms with Gasteiger partial charge in [-0.15, -0.1) is 5.10 Å². The molecule has 1 aliphatic rings. The molecule has 1 saturated carbocycles. The first-order valence-corrected chi connectivity index (χ1v) is 10.3. The van der Waals surface area contributed by atoms with Crippen LogP contribution < -0.4 is 5.32 Å². The van der Waals surface area contributed by atoms with Gasteiger partial charge in [-0.2, -0.15) is 4.98 Å². The Labute approximate surface area is 182 Å². The summed E-state index contributed by atoms with van der Waals surface area (Å²) in [5.74, 6) is 1.48. The number of nitrogens with zero attached hydrogens (tertiary/aromatic N) is 6. The normalized spacial score (nSPS) is 13.3. The van der Waals surface area contributed by atoms with Gasteiger partial charge < -0.3 is 9.84 Å². The van der Waals surface area contributed by atoms with Crippen molar-refractivity contribution in [3.8, 4) is 22.8 Å². The maximum absolute atomic E-state index is 12.3. The molecular formula is C21H18ClN7O2. The molecule has 10 heteroatoms. The van der Waals surface area contributed by atoms with Gasteiger partial charge in [0.2, 0.25) is 17.6 Å². The summed E-state index contributed by atoms with van der Waals surface area (Å²) in [7, 11) is 0. The van der Waals surface area contributed by atoms with E-state index in [2.05, 4.69) is 31.0 Å². The lowest BCUT2D eigenvalue weighted by Crippen LogP contribution is -2.12. The molecule has 5 rings (SSSR count). The maximum atomic E-state index is 12.3. The van der Waals surface area contributed by atoms with Crippen molar-refractivity contribution in [3.05, 3.63) is 59.4 Å². The highest BCUT2D eigenvalue weighted by Gasteiger charge is 2.28. The molecule has 0 unspecified atom stereocenters. The molecule has 31 heavy (non-hydrogen) atoms. The zero-order valence-electron chi connectivity index (χ0n) is 16.4. The monoisotopic (exact) mass is 435 g/mol. The third kappa shape index (κ3) is 4.46. The summed E-state index contributed by atoms with van der Waals surface area (Å²) in [5.41, 5.74) is 2.42. The standard InChI is InChI=1S/C21H18ClN7O2/c22-15-5-1-13(2-6-15)20-24-19(31-26-20)12-11-18(30)23-16-7-3-14(4-8-16)21-25-27-28-29(21)17-9-10-17/h1-8,17H,9-12H2,(H,23,30). The highest BCUT2D eigenvalue weighted by atomic mass is 35.5. The Bertz CT molecular complexity index is 1200. The van der Waals surface area contributed by atoms with E-state index in [1.807, 2.05) is 41.1 Å². The van der Waals surface area contributed by atoms with E-state index in [0.717, 1.165) is 29.8 Å². The minimum absolute atomic E-state index is 0.137. The lowest BCUT2D eigenvalue weighted by molar-refractivity contribution is -0.116. The molecule has 2 aromatic heterocycles. The topological polar surface area (TPSA) is 112 Å². The van der Waals surface area contributed by atoms with Crippen molar-refractivity contribution in [1.82, 2.24) is 30.3 Å². The summed E-state index contributed by atoms with van der Waals surface area (Å²) in [6.07, 6.45) is 2.78. The molecule has 1 aliphatic carbocycles. The molecule has 2 aromatic carbocycles. The van der Waals surface area contributed by atoms with E-state index in [1.54, 1.807) is 12.1 Å². The Morgan fingerprint density at radius 1 is 1.10 bits per heavy atom. The van der Waals surface area contributed by atoms with Crippen LogP contribution in [0.25, 0.3) is 22.8 Å². The SMILES string of the molecule is O=C(CCc1nc(-c2ccc(Cl)cc2)no1)Nc1ccc(-c2nnnn2C2CC2)cc1. The van der Waals surface area contributed by atoms with Gasteiger partial charge in [0.05, 0.1) is 6.04 Å². The number of hydrogen-bond donors (Lipinski definition) is 1. The van der Waals surface area contributed by atoms with E-state index in [-0.39, 0.29) is 12.3 Å². The van der Waals surface area contributed by atoms with Crippen LogP contribution in [0.1, 0.15) is 31.2 Å². The molecule has 1 N–H and O–H groups in total. The van der Waals surface area contributed by atoms with E-state index >= 15 is 0 Å². The molecule has 2 heterocycles. The predicted molar refractivity (Wildman–Crippen MR) is 113 cm³/mol. The number of rotatable bonds is 7. The van der Waals surface area contributed by atoms with Crippen LogP contribution in [-0.2, 0) is 11.2 Å². The van der Waals surface area contributed by atoms with E-state index in [1.165, 1.54) is 0 Å². The van der Waals surface area contributed by atoms with Crippen molar-refractivity contribution in [1.29, 1.82) is 0 Å². The fraction of sp³-hybridized carbons (Fsp3) is 0.238. The molecule has 1 fully saturated rings. The van der Waals surface area contributed by atoms with Gasteiger partial charge in [0.15, 0.2) is 5.82 Å². The number of benzene rings is 2. The number of anilines is 1. The van der Waals surface area contributed by atoms with Gasteiger partial charge in [0.1, 0.15) is 0 Å². The number of aromatic nitrogens is 6. The fourth-order valence-corrected chi connectivity index (χ4v) is 3.29. The van der Waals surface area contributed by atoms with Crippen molar-refractivity contribution < 1.29 is 9.32 Å². The van der Waals surface area contributed by atoms with Crippen molar-refractivity contribution in [2.45, 2.75) is 31.7 Å². The number of hydrogen-bond acceptors (Lipinski definition) is 7. The lowest BCUT2D eigenvalue weighted by Gasteiger charge is -2.06. The van der Waals surface area contributed by atoms with Gasteiger partial charge >= 0.3 is 0 Å². The van der Waals surface area contributed by atoms with Crippen LogP contribution in [0.5, 0.6) is 0 Å². The van der Waals surface area contributed by atoms with Crippen LogP contribution in [0.4, 0.5) is 5.69 Å². The number of amides is 1. The second kappa shape index (κ2) is 8.27. The molecule has 0 atom stereocenters. The molecular weight excluding hydrogens is 418 g/mol. The number of halogens is 1. The molecule has 0 aliphatic heterocycles. The van der Waals surface area contributed by atoms with Crippen LogP contribution in [-0.4, -0.2) is 36.3 Å². The number of carbonyl (C=O) groups is 1. The fourth-order valence-electron chi connectivity index (χ4n) is 3.17. The summed E-state index contributed by atoms with van der Waals surface area (Å²) >= 11 is 5.89. The number of carbonyl (C=O) groups excluding carboxylic acids is 1. The van der Waals surface area contributed by atoms with E-state index < -0.39 is 0 Å². The van der Waals surface area contributed by atoms with Crippen LogP contribution in [0.2, 0.25) is 5.02 Å². The summed E-state index contributed by atoms with van der Waals surface area (Å²) in [5, 5.41) is 19.4. The zero-order chi connectivity index (χ0) is 21.2. The highest BCUT2D eigenvalue weighted by molar-refractivity contribution is 6.30. The van der Waals surface area contributed by atoms with Gasteiger partial charge in [-0.25, -0.2) is 4.68 Å². The summed E-state index contributed by atoms with van der Waals surface area (Å²) < 4.78 is 7.10. The summed E-state index contributed by atoms with van der Waals surface area (Å²) in [4.78, 5) is 16.6. The second-order valence-electron chi connectivity index (χ2n) is 7.32. The Kier molecular flexibility index (Phi) is 5.17. The van der Waals surface area contributed by atoms with Gasteiger partial charge in [-0.3, -0.25) is 4.79 Å². The third-order valence-corrected chi connectivity index (χ3v) is 5.20. The predicted octanol–water partition coefficient (Wildman–Crippen LogP) is 3.95. The van der Waals surface area contributed by atoms with Crippen molar-refractivity contribution in [2.24, 2.45) is 0 Å². The van der Waals surface area contributed by atoms with Crippen LogP contribution in [0, 0.1) is 0 Å². The quantitative estimate of drug-likeness (QED) is 0.467. The van der Waals surface area contributed by atoms with Gasteiger partial charge in [0, 0.05) is 34.7 Å². The Morgan fingerprint density at radius 3 is 2.58 bits per heavy atom. The average molecular weight is 436 g/mol. The van der Waals surface area contributed by atoms with E-state index in [4.69, 9.17) is 16.1 Å². The molecule has 0 spiro atoms. The molecule has 9 nitrogen and oxygen atoms in total. The second-order valence-corrected chi connectivity index (χ2v) is 7.76. The smallest absolute Gasteiger partial charge is 0.227 e. The average Bonchev–Trinajstić information content (AvgIpc) is 3.31. The van der Waals surface area contributed by atoms with E-state index in [0.29, 0.717) is 34.9 Å². The van der Waals surface area contributed by atoms with Crippen molar-refractivity contribution in [3.63, 3.8) is 0 Å². The first-order valence-electron chi connectivity index (χ1n) is 9.92.